The first-order chi connectivity index (χ1) is 14.5. The van der Waals surface area contributed by atoms with Crippen LogP contribution in [0.1, 0.15) is 36.2 Å². The summed E-state index contributed by atoms with van der Waals surface area (Å²) in [6.45, 7) is 6.53. The van der Waals surface area contributed by atoms with Crippen LogP contribution in [-0.2, 0) is 0 Å². The van der Waals surface area contributed by atoms with Gasteiger partial charge in [-0.2, -0.15) is 0 Å². The second kappa shape index (κ2) is 7.20. The third kappa shape index (κ3) is 3.12. The highest BCUT2D eigenvalue weighted by atomic mass is 16.3. The fourth-order valence-electron chi connectivity index (χ4n) is 4.51. The van der Waals surface area contributed by atoms with Gasteiger partial charge < -0.3 is 19.9 Å². The van der Waals surface area contributed by atoms with Gasteiger partial charge in [-0.05, 0) is 68.5 Å². The molecular weight excluding hydrogens is 374 g/mol. The van der Waals surface area contributed by atoms with Gasteiger partial charge in [-0.1, -0.05) is 12.1 Å². The van der Waals surface area contributed by atoms with E-state index in [-0.39, 0.29) is 18.1 Å². The van der Waals surface area contributed by atoms with Crippen LogP contribution in [0.25, 0.3) is 16.6 Å². The lowest BCUT2D eigenvalue weighted by molar-refractivity contribution is 0.411. The molecule has 0 amide bonds. The number of aromatic amines is 1. The lowest BCUT2D eigenvalue weighted by Crippen LogP contribution is -2.29. The third-order valence-electron chi connectivity index (χ3n) is 6.18. The standard InChI is InChI=1S/C24H27N5O/c1-15-6-7-16(2)20(12-15)29-14-21(30)22(23(29)25)24-26-18-9-8-17(13-19(18)27-24)28-10-4-3-5-11-28/h6-9,12-13,25,30H,3-5,10-11,14H2,1-2H3,(H,26,27). The van der Waals surface area contributed by atoms with Gasteiger partial charge in [0.1, 0.15) is 17.4 Å². The monoisotopic (exact) mass is 401 g/mol. The average molecular weight is 402 g/mol. The molecule has 0 aliphatic carbocycles. The van der Waals surface area contributed by atoms with E-state index in [0.717, 1.165) is 40.9 Å². The van der Waals surface area contributed by atoms with E-state index in [1.807, 2.05) is 24.8 Å². The van der Waals surface area contributed by atoms with Crippen molar-refractivity contribution in [1.82, 2.24) is 9.97 Å². The van der Waals surface area contributed by atoms with E-state index < -0.39 is 0 Å². The Bertz CT molecular complexity index is 1170. The lowest BCUT2D eigenvalue weighted by Gasteiger charge is -2.28. The minimum Gasteiger partial charge on any atom is -0.509 e. The maximum atomic E-state index is 10.7. The fourth-order valence-corrected chi connectivity index (χ4v) is 4.51. The Kier molecular flexibility index (Phi) is 4.50. The van der Waals surface area contributed by atoms with Crippen molar-refractivity contribution in [3.63, 3.8) is 0 Å². The highest BCUT2D eigenvalue weighted by Crippen LogP contribution is 2.33. The number of aromatic nitrogens is 2. The molecule has 0 radical (unpaired) electrons. The molecule has 0 bridgehead atoms. The molecule has 0 spiro atoms. The van der Waals surface area contributed by atoms with Crippen LogP contribution in [0, 0.1) is 19.3 Å². The molecule has 3 N–H and O–H groups in total. The zero-order valence-corrected chi connectivity index (χ0v) is 17.5. The predicted octanol–water partition coefficient (Wildman–Crippen LogP) is 4.94. The maximum Gasteiger partial charge on any atom is 0.145 e. The Hall–Kier alpha value is -3.28. The Balaban J connectivity index is 1.48. The minimum atomic E-state index is 0.177. The summed E-state index contributed by atoms with van der Waals surface area (Å²) in [4.78, 5) is 12.3. The lowest BCUT2D eigenvalue weighted by atomic mass is 10.1. The van der Waals surface area contributed by atoms with Crippen molar-refractivity contribution < 1.29 is 5.11 Å². The number of nitrogens with one attached hydrogen (secondary N) is 2. The van der Waals surface area contributed by atoms with Crippen LogP contribution < -0.4 is 9.80 Å². The first-order valence-corrected chi connectivity index (χ1v) is 10.6. The van der Waals surface area contributed by atoms with E-state index in [1.54, 1.807) is 0 Å². The van der Waals surface area contributed by atoms with Crippen molar-refractivity contribution in [3.05, 3.63) is 59.1 Å². The van der Waals surface area contributed by atoms with Crippen molar-refractivity contribution in [2.24, 2.45) is 0 Å². The molecule has 2 aromatic carbocycles. The number of benzene rings is 2. The number of piperidine rings is 1. The van der Waals surface area contributed by atoms with E-state index in [4.69, 9.17) is 10.4 Å². The number of amidine groups is 1. The summed E-state index contributed by atoms with van der Waals surface area (Å²) in [7, 11) is 0. The molecule has 0 saturated carbocycles. The molecule has 2 aliphatic rings. The van der Waals surface area contributed by atoms with Crippen molar-refractivity contribution >= 4 is 33.8 Å². The summed E-state index contributed by atoms with van der Waals surface area (Å²) in [5.41, 5.74) is 6.63. The summed E-state index contributed by atoms with van der Waals surface area (Å²) in [5, 5.41) is 19.5. The number of aliphatic hydroxyl groups excluding tert-OH is 1. The molecule has 0 atom stereocenters. The van der Waals surface area contributed by atoms with Crippen LogP contribution in [0.3, 0.4) is 0 Å². The first kappa shape index (κ1) is 18.7. The molecule has 3 aromatic rings. The highest BCUT2D eigenvalue weighted by molar-refractivity contribution is 6.30. The second-order valence-corrected chi connectivity index (χ2v) is 8.38. The first-order valence-electron chi connectivity index (χ1n) is 10.6. The third-order valence-corrected chi connectivity index (χ3v) is 6.18. The molecule has 5 rings (SSSR count). The molecule has 6 nitrogen and oxygen atoms in total. The quantitative estimate of drug-likeness (QED) is 0.581. The van der Waals surface area contributed by atoms with E-state index in [1.165, 1.54) is 24.9 Å². The molecule has 30 heavy (non-hydrogen) atoms. The highest BCUT2D eigenvalue weighted by Gasteiger charge is 2.32. The Morgan fingerprint density at radius 3 is 2.63 bits per heavy atom. The SMILES string of the molecule is Cc1ccc(C)c(N2CC(O)=C(c3nc4ccc(N5CCCCC5)cc4[nH]3)C2=N)c1. The largest absolute Gasteiger partial charge is 0.509 e. The van der Waals surface area contributed by atoms with Gasteiger partial charge >= 0.3 is 0 Å². The molecule has 1 aromatic heterocycles. The van der Waals surface area contributed by atoms with Crippen molar-refractivity contribution in [1.29, 1.82) is 5.41 Å². The van der Waals surface area contributed by atoms with Gasteiger partial charge in [-0.15, -0.1) is 0 Å². The number of fused-ring (bicyclic) bond motifs is 1. The van der Waals surface area contributed by atoms with Crippen molar-refractivity contribution in [2.75, 3.05) is 29.4 Å². The van der Waals surface area contributed by atoms with Crippen LogP contribution in [0.4, 0.5) is 11.4 Å². The summed E-state index contributed by atoms with van der Waals surface area (Å²) in [6.07, 6.45) is 3.77. The number of rotatable bonds is 3. The molecule has 0 unspecified atom stereocenters. The van der Waals surface area contributed by atoms with Gasteiger partial charge in [-0.25, -0.2) is 4.98 Å². The van der Waals surface area contributed by atoms with Crippen LogP contribution in [0.15, 0.2) is 42.2 Å². The van der Waals surface area contributed by atoms with Crippen molar-refractivity contribution in [2.45, 2.75) is 33.1 Å². The predicted molar refractivity (Wildman–Crippen MR) is 123 cm³/mol. The van der Waals surface area contributed by atoms with E-state index in [9.17, 15) is 5.11 Å². The summed E-state index contributed by atoms with van der Waals surface area (Å²) in [6, 6.07) is 12.5. The van der Waals surface area contributed by atoms with Gasteiger partial charge in [0.05, 0.1) is 23.2 Å². The molecule has 154 valence electrons. The summed E-state index contributed by atoms with van der Waals surface area (Å²) >= 11 is 0. The number of anilines is 2. The molecule has 1 fully saturated rings. The number of imidazole rings is 1. The van der Waals surface area contributed by atoms with Gasteiger partial charge in [0.15, 0.2) is 0 Å². The number of hydrogen-bond acceptors (Lipinski definition) is 4. The van der Waals surface area contributed by atoms with Gasteiger partial charge in [0, 0.05) is 24.5 Å². The fraction of sp³-hybridized carbons (Fsp3) is 0.333. The number of aliphatic hydroxyl groups is 1. The second-order valence-electron chi connectivity index (χ2n) is 8.38. The molecule has 6 heteroatoms. The number of H-pyrrole nitrogens is 1. The molecule has 2 aliphatic heterocycles. The Labute approximate surface area is 176 Å². The van der Waals surface area contributed by atoms with Crippen molar-refractivity contribution in [3.8, 4) is 0 Å². The Morgan fingerprint density at radius 2 is 1.83 bits per heavy atom. The van der Waals surface area contributed by atoms with Crippen LogP contribution in [0.5, 0.6) is 0 Å². The molecule has 3 heterocycles. The van der Waals surface area contributed by atoms with E-state index >= 15 is 0 Å². The zero-order valence-electron chi connectivity index (χ0n) is 17.5. The summed E-state index contributed by atoms with van der Waals surface area (Å²) < 4.78 is 0. The van der Waals surface area contributed by atoms with Crippen LogP contribution >= 0.6 is 0 Å². The minimum absolute atomic E-state index is 0.177. The summed E-state index contributed by atoms with van der Waals surface area (Å²) in [5.74, 6) is 1.00. The number of hydrogen-bond donors (Lipinski definition) is 3. The molecule has 1 saturated heterocycles. The normalized spacial score (nSPS) is 17.5. The molecular formula is C24H27N5O. The van der Waals surface area contributed by atoms with Gasteiger partial charge in [0.25, 0.3) is 0 Å². The van der Waals surface area contributed by atoms with E-state index in [2.05, 4.69) is 40.2 Å². The van der Waals surface area contributed by atoms with Gasteiger partial charge in [0.2, 0.25) is 0 Å². The zero-order chi connectivity index (χ0) is 20.8. The Morgan fingerprint density at radius 1 is 1.03 bits per heavy atom. The topological polar surface area (TPSA) is 79.2 Å². The number of aryl methyl sites for hydroxylation is 2. The maximum absolute atomic E-state index is 10.7. The smallest absolute Gasteiger partial charge is 0.145 e. The van der Waals surface area contributed by atoms with Crippen LogP contribution in [0.2, 0.25) is 0 Å². The van der Waals surface area contributed by atoms with Crippen LogP contribution in [-0.4, -0.2) is 40.5 Å². The number of nitrogens with zero attached hydrogens (tertiary/aromatic N) is 3. The average Bonchev–Trinajstić information content (AvgIpc) is 3.29. The van der Waals surface area contributed by atoms with E-state index in [0.29, 0.717) is 11.4 Å². The van der Waals surface area contributed by atoms with Gasteiger partial charge in [-0.3, -0.25) is 5.41 Å².